The van der Waals surface area contributed by atoms with E-state index in [1.807, 2.05) is 39.8 Å². The first-order valence-electron chi connectivity index (χ1n) is 10.4. The minimum atomic E-state index is -3.84. The van der Waals surface area contributed by atoms with Crippen LogP contribution < -0.4 is 15.5 Å². The molecule has 3 heterocycles. The third-order valence-corrected chi connectivity index (χ3v) is 9.68. The zero-order chi connectivity index (χ0) is 24.6. The van der Waals surface area contributed by atoms with E-state index in [0.717, 1.165) is 21.1 Å². The van der Waals surface area contributed by atoms with Crippen molar-refractivity contribution in [3.05, 3.63) is 32.5 Å². The second kappa shape index (κ2) is 9.49. The van der Waals surface area contributed by atoms with Crippen LogP contribution >= 0.6 is 22.7 Å². The van der Waals surface area contributed by atoms with E-state index in [4.69, 9.17) is 4.63 Å². The lowest BCUT2D eigenvalue weighted by atomic mass is 9.86. The number of hydrogen-bond acceptors (Lipinski definition) is 10. The summed E-state index contributed by atoms with van der Waals surface area (Å²) in [5.41, 5.74) is -0.143. The molecule has 33 heavy (non-hydrogen) atoms. The van der Waals surface area contributed by atoms with Crippen LogP contribution in [0.5, 0.6) is 5.75 Å². The number of nitrogens with zero attached hydrogens (tertiary/aromatic N) is 3. The van der Waals surface area contributed by atoms with E-state index in [1.165, 1.54) is 9.69 Å². The van der Waals surface area contributed by atoms with Crippen LogP contribution in [0.25, 0.3) is 0 Å². The van der Waals surface area contributed by atoms with Crippen molar-refractivity contribution in [1.82, 2.24) is 9.46 Å². The van der Waals surface area contributed by atoms with Gasteiger partial charge in [-0.15, -0.1) is 22.7 Å². The number of aromatic nitrogens is 2. The summed E-state index contributed by atoms with van der Waals surface area (Å²) in [6, 6.07) is 3.79. The standard InChI is InChI=1S/C20H29N5O5S3/c1-7-24(8-2)33(28,29)19-15(26)13(11-31-19)21-17-18(25(27)30-23-17)22-16(20(4,5)6)14-10-9-12(3)32-14/h9-11,16,22,26H,7-8H2,1-6H3,(H,21,23)/t16-/m0/s1. The fourth-order valence-electron chi connectivity index (χ4n) is 3.33. The van der Waals surface area contributed by atoms with Crippen molar-refractivity contribution >= 4 is 50.0 Å². The van der Waals surface area contributed by atoms with Crippen LogP contribution in [0.15, 0.2) is 26.4 Å². The van der Waals surface area contributed by atoms with Crippen molar-refractivity contribution in [2.45, 2.75) is 51.8 Å². The Hall–Kier alpha value is -2.35. The molecule has 0 radical (unpaired) electrons. The summed E-state index contributed by atoms with van der Waals surface area (Å²) in [6.45, 7) is 12.2. The Labute approximate surface area is 201 Å². The SMILES string of the molecule is CCN(CC)S(=O)(=O)c1scc(Nc2no[n+]([O-])c2N[C@@H](c2ccc(C)s2)C(C)(C)C)c1O. The third-order valence-electron chi connectivity index (χ3n) is 5.07. The van der Waals surface area contributed by atoms with Gasteiger partial charge in [-0.1, -0.05) is 39.5 Å². The van der Waals surface area contributed by atoms with Crippen molar-refractivity contribution in [1.29, 1.82) is 0 Å². The Kier molecular flexibility index (Phi) is 7.27. The topological polar surface area (TPSA) is 135 Å². The summed E-state index contributed by atoms with van der Waals surface area (Å²) in [5, 5.41) is 34.3. The molecule has 0 aliphatic rings. The highest BCUT2D eigenvalue weighted by atomic mass is 32.2. The highest BCUT2D eigenvalue weighted by molar-refractivity contribution is 7.91. The van der Waals surface area contributed by atoms with Gasteiger partial charge in [-0.25, -0.2) is 8.42 Å². The van der Waals surface area contributed by atoms with Crippen LogP contribution in [-0.2, 0) is 10.0 Å². The van der Waals surface area contributed by atoms with Gasteiger partial charge in [-0.3, -0.25) is 5.32 Å². The maximum atomic E-state index is 12.8. The largest absolute Gasteiger partial charge is 0.504 e. The van der Waals surface area contributed by atoms with E-state index in [1.54, 1.807) is 25.2 Å². The lowest BCUT2D eigenvalue weighted by molar-refractivity contribution is -0.791. The van der Waals surface area contributed by atoms with E-state index < -0.39 is 15.8 Å². The number of anilines is 3. The van der Waals surface area contributed by atoms with Crippen molar-refractivity contribution in [2.75, 3.05) is 23.7 Å². The van der Waals surface area contributed by atoms with E-state index in [-0.39, 0.29) is 51.0 Å². The molecule has 3 aromatic heterocycles. The molecule has 13 heteroatoms. The van der Waals surface area contributed by atoms with Gasteiger partial charge >= 0.3 is 11.6 Å². The first-order valence-corrected chi connectivity index (χ1v) is 13.5. The zero-order valence-corrected chi connectivity index (χ0v) is 21.8. The molecule has 0 unspecified atom stereocenters. The molecule has 0 amide bonds. The molecule has 0 aromatic carbocycles. The molecule has 3 rings (SSSR count). The molecule has 0 saturated heterocycles. The molecular weight excluding hydrogens is 486 g/mol. The molecule has 0 aliphatic heterocycles. The maximum absolute atomic E-state index is 12.8. The van der Waals surface area contributed by atoms with Crippen LogP contribution in [0.1, 0.15) is 50.4 Å². The fourth-order valence-corrected chi connectivity index (χ4v) is 7.33. The van der Waals surface area contributed by atoms with E-state index >= 15 is 0 Å². The summed E-state index contributed by atoms with van der Waals surface area (Å²) >= 11 is 2.51. The maximum Gasteiger partial charge on any atom is 0.320 e. The first-order chi connectivity index (χ1) is 15.4. The molecule has 0 aliphatic carbocycles. The van der Waals surface area contributed by atoms with Gasteiger partial charge < -0.3 is 20.3 Å². The van der Waals surface area contributed by atoms with Gasteiger partial charge in [0.05, 0.1) is 5.69 Å². The van der Waals surface area contributed by atoms with Gasteiger partial charge in [0.25, 0.3) is 10.0 Å². The van der Waals surface area contributed by atoms with E-state index in [2.05, 4.69) is 15.8 Å². The average Bonchev–Trinajstić information content (AvgIpc) is 3.40. The summed E-state index contributed by atoms with van der Waals surface area (Å²) in [4.78, 5) is 2.43. The summed E-state index contributed by atoms with van der Waals surface area (Å²) < 4.78 is 31.5. The minimum absolute atomic E-state index is 0.0275. The fraction of sp³-hybridized carbons (Fsp3) is 0.500. The van der Waals surface area contributed by atoms with Crippen LogP contribution in [0.3, 0.4) is 0 Å². The van der Waals surface area contributed by atoms with Crippen molar-refractivity contribution in [2.24, 2.45) is 5.41 Å². The Morgan fingerprint density at radius 2 is 1.97 bits per heavy atom. The molecular formula is C20H29N5O5S3. The van der Waals surface area contributed by atoms with Crippen LogP contribution in [0, 0.1) is 17.5 Å². The number of nitrogens with one attached hydrogen (secondary N) is 2. The molecule has 1 atom stereocenters. The molecule has 3 aromatic rings. The number of thiophene rings is 2. The molecule has 3 N–H and O–H groups in total. The minimum Gasteiger partial charge on any atom is -0.504 e. The highest BCUT2D eigenvalue weighted by Gasteiger charge is 2.34. The van der Waals surface area contributed by atoms with Crippen LogP contribution in [0.4, 0.5) is 17.3 Å². The summed E-state index contributed by atoms with van der Waals surface area (Å²) in [5.74, 6) is -0.369. The summed E-state index contributed by atoms with van der Waals surface area (Å²) in [7, 11) is -3.84. The van der Waals surface area contributed by atoms with E-state index in [9.17, 15) is 18.7 Å². The smallest absolute Gasteiger partial charge is 0.320 e. The lowest BCUT2D eigenvalue weighted by Crippen LogP contribution is -2.33. The Bertz CT molecular complexity index is 1210. The van der Waals surface area contributed by atoms with Gasteiger partial charge in [0, 0.05) is 33.6 Å². The molecule has 10 nitrogen and oxygen atoms in total. The van der Waals surface area contributed by atoms with Crippen LogP contribution in [0.2, 0.25) is 0 Å². The number of sulfonamides is 1. The second-order valence-corrected chi connectivity index (χ2v) is 12.9. The van der Waals surface area contributed by atoms with Crippen molar-refractivity contribution < 1.29 is 23.1 Å². The monoisotopic (exact) mass is 515 g/mol. The molecule has 0 fully saturated rings. The Balaban J connectivity index is 1.93. The van der Waals surface area contributed by atoms with Crippen molar-refractivity contribution in [3.8, 4) is 5.75 Å². The zero-order valence-electron chi connectivity index (χ0n) is 19.4. The number of aromatic hydroxyl groups is 1. The molecule has 0 spiro atoms. The number of hydrogen-bond donors (Lipinski definition) is 3. The van der Waals surface area contributed by atoms with Gasteiger partial charge in [-0.05, 0) is 24.2 Å². The Morgan fingerprint density at radius 1 is 1.30 bits per heavy atom. The first kappa shape index (κ1) is 25.3. The predicted octanol–water partition coefficient (Wildman–Crippen LogP) is 4.42. The quantitative estimate of drug-likeness (QED) is 0.357. The van der Waals surface area contributed by atoms with Crippen molar-refractivity contribution in [3.63, 3.8) is 0 Å². The van der Waals surface area contributed by atoms with Gasteiger partial charge in [-0.2, -0.15) is 4.31 Å². The number of aryl methyl sites for hydroxylation is 1. The lowest BCUT2D eigenvalue weighted by Gasteiger charge is -2.28. The molecule has 182 valence electrons. The van der Waals surface area contributed by atoms with Gasteiger partial charge in [0.1, 0.15) is 6.04 Å². The Morgan fingerprint density at radius 3 is 2.52 bits per heavy atom. The summed E-state index contributed by atoms with van der Waals surface area (Å²) in [6.07, 6.45) is 0. The average molecular weight is 516 g/mol. The second-order valence-electron chi connectivity index (χ2n) is 8.52. The normalized spacial score (nSPS) is 13.4. The highest BCUT2D eigenvalue weighted by Crippen LogP contribution is 2.42. The van der Waals surface area contributed by atoms with E-state index in [0.29, 0.717) is 0 Å². The van der Waals surface area contributed by atoms with Crippen LogP contribution in [-0.4, -0.2) is 36.1 Å². The predicted molar refractivity (Wildman–Crippen MR) is 130 cm³/mol. The van der Waals surface area contributed by atoms with Gasteiger partial charge in [0.15, 0.2) is 9.96 Å². The molecule has 0 bridgehead atoms. The molecule has 0 saturated carbocycles. The van der Waals surface area contributed by atoms with Gasteiger partial charge in [0.2, 0.25) is 0 Å². The third kappa shape index (κ3) is 5.10. The number of rotatable bonds is 9.